The van der Waals surface area contributed by atoms with E-state index in [4.69, 9.17) is 0 Å². The molecule has 3 nitrogen and oxygen atoms in total. The van der Waals surface area contributed by atoms with Crippen LogP contribution >= 0.6 is 0 Å². The van der Waals surface area contributed by atoms with Crippen molar-refractivity contribution in [2.24, 2.45) is 5.92 Å². The third-order valence-electron chi connectivity index (χ3n) is 4.40. The zero-order valence-corrected chi connectivity index (χ0v) is 12.5. The molecular formula is C17H25NO2. The minimum atomic E-state index is -0.851. The lowest BCUT2D eigenvalue weighted by atomic mass is 9.83. The highest BCUT2D eigenvalue weighted by molar-refractivity contribution is 5.95. The van der Waals surface area contributed by atoms with Crippen LogP contribution in [0.25, 0.3) is 0 Å². The Kier molecular flexibility index (Phi) is 5.05. The van der Waals surface area contributed by atoms with Gasteiger partial charge in [-0.05, 0) is 50.2 Å². The quantitative estimate of drug-likeness (QED) is 0.834. The van der Waals surface area contributed by atoms with E-state index in [-0.39, 0.29) is 0 Å². The van der Waals surface area contributed by atoms with Gasteiger partial charge < -0.3 is 10.4 Å². The van der Waals surface area contributed by atoms with Gasteiger partial charge in [0.1, 0.15) is 0 Å². The summed E-state index contributed by atoms with van der Waals surface area (Å²) in [7, 11) is 0. The van der Waals surface area contributed by atoms with E-state index in [9.17, 15) is 9.90 Å². The Labute approximate surface area is 121 Å². The van der Waals surface area contributed by atoms with Gasteiger partial charge in [0, 0.05) is 6.04 Å². The van der Waals surface area contributed by atoms with Crippen molar-refractivity contribution >= 4 is 11.7 Å². The highest BCUT2D eigenvalue weighted by atomic mass is 16.4. The number of anilines is 1. The molecule has 2 N–H and O–H groups in total. The van der Waals surface area contributed by atoms with Gasteiger partial charge >= 0.3 is 5.97 Å². The van der Waals surface area contributed by atoms with E-state index in [1.807, 2.05) is 19.1 Å². The van der Waals surface area contributed by atoms with Crippen molar-refractivity contribution in [2.75, 3.05) is 5.32 Å². The van der Waals surface area contributed by atoms with Crippen LogP contribution in [0, 0.1) is 12.8 Å². The maximum absolute atomic E-state index is 11.3. The third kappa shape index (κ3) is 3.53. The molecule has 0 atom stereocenters. The molecule has 0 heterocycles. The second-order valence-corrected chi connectivity index (χ2v) is 5.95. The van der Waals surface area contributed by atoms with E-state index >= 15 is 0 Å². The van der Waals surface area contributed by atoms with Gasteiger partial charge in [-0.15, -0.1) is 0 Å². The lowest BCUT2D eigenvalue weighted by Crippen LogP contribution is -2.27. The summed E-state index contributed by atoms with van der Waals surface area (Å²) in [6.07, 6.45) is 7.43. The molecule has 0 saturated heterocycles. The average Bonchev–Trinajstić information content (AvgIpc) is 2.43. The van der Waals surface area contributed by atoms with Crippen LogP contribution in [-0.4, -0.2) is 17.1 Å². The van der Waals surface area contributed by atoms with E-state index in [1.165, 1.54) is 25.7 Å². The summed E-state index contributed by atoms with van der Waals surface area (Å²) in [5.41, 5.74) is 2.21. The van der Waals surface area contributed by atoms with Crippen molar-refractivity contribution in [2.45, 2.75) is 58.4 Å². The van der Waals surface area contributed by atoms with Gasteiger partial charge in [-0.1, -0.05) is 31.9 Å². The summed E-state index contributed by atoms with van der Waals surface area (Å²) < 4.78 is 0. The topological polar surface area (TPSA) is 49.3 Å². The molecule has 1 saturated carbocycles. The lowest BCUT2D eigenvalue weighted by molar-refractivity contribution is 0.0697. The summed E-state index contributed by atoms with van der Waals surface area (Å²) in [6.45, 7) is 4.22. The minimum absolute atomic E-state index is 0.390. The highest BCUT2D eigenvalue weighted by Gasteiger charge is 2.22. The van der Waals surface area contributed by atoms with Crippen LogP contribution in [0.2, 0.25) is 0 Å². The van der Waals surface area contributed by atoms with Crippen molar-refractivity contribution in [1.29, 1.82) is 0 Å². The van der Waals surface area contributed by atoms with E-state index in [0.717, 1.165) is 30.0 Å². The number of hydrogen-bond acceptors (Lipinski definition) is 2. The van der Waals surface area contributed by atoms with Gasteiger partial charge in [-0.3, -0.25) is 0 Å². The maximum Gasteiger partial charge on any atom is 0.337 e. The number of hydrogen-bond donors (Lipinski definition) is 2. The Bertz CT molecular complexity index is 462. The molecule has 1 aromatic carbocycles. The van der Waals surface area contributed by atoms with Gasteiger partial charge in [0.25, 0.3) is 0 Å². The molecule has 0 unspecified atom stereocenters. The van der Waals surface area contributed by atoms with Gasteiger partial charge in [0.05, 0.1) is 11.3 Å². The fourth-order valence-corrected chi connectivity index (χ4v) is 3.25. The first-order valence-electron chi connectivity index (χ1n) is 7.71. The first-order chi connectivity index (χ1) is 9.61. The van der Waals surface area contributed by atoms with Gasteiger partial charge in [0.15, 0.2) is 0 Å². The number of rotatable bonds is 5. The molecule has 0 amide bonds. The monoisotopic (exact) mass is 275 g/mol. The standard InChI is InChI=1S/C17H25NO2/c1-3-5-13-8-10-14(11-9-13)18-16-12(2)6-4-7-15(16)17(19)20/h4,6-7,13-14,18H,3,5,8-11H2,1-2H3,(H,19,20). The van der Waals surface area contributed by atoms with Crippen LogP contribution in [0.1, 0.15) is 61.4 Å². The van der Waals surface area contributed by atoms with Gasteiger partial charge in [-0.2, -0.15) is 0 Å². The second kappa shape index (κ2) is 6.78. The summed E-state index contributed by atoms with van der Waals surface area (Å²) in [4.78, 5) is 11.3. The average molecular weight is 275 g/mol. The van der Waals surface area contributed by atoms with Crippen molar-refractivity contribution in [3.05, 3.63) is 29.3 Å². The molecule has 20 heavy (non-hydrogen) atoms. The zero-order chi connectivity index (χ0) is 14.5. The van der Waals surface area contributed by atoms with Crippen LogP contribution in [0.5, 0.6) is 0 Å². The fraction of sp³-hybridized carbons (Fsp3) is 0.588. The van der Waals surface area contributed by atoms with Crippen molar-refractivity contribution in [1.82, 2.24) is 0 Å². The number of para-hydroxylation sites is 1. The number of carbonyl (C=O) groups is 1. The molecule has 0 radical (unpaired) electrons. The number of carboxylic acid groups (broad SMARTS) is 1. The van der Waals surface area contributed by atoms with E-state index < -0.39 is 5.97 Å². The molecule has 1 fully saturated rings. The fourth-order valence-electron chi connectivity index (χ4n) is 3.25. The molecule has 1 aliphatic rings. The normalized spacial score (nSPS) is 22.5. The number of nitrogens with one attached hydrogen (secondary N) is 1. The van der Waals surface area contributed by atoms with Crippen molar-refractivity contribution < 1.29 is 9.90 Å². The molecule has 0 spiro atoms. The molecule has 110 valence electrons. The Morgan fingerprint density at radius 2 is 2.00 bits per heavy atom. The minimum Gasteiger partial charge on any atom is -0.478 e. The first-order valence-corrected chi connectivity index (χ1v) is 7.71. The van der Waals surface area contributed by atoms with Crippen molar-refractivity contribution in [3.63, 3.8) is 0 Å². The zero-order valence-electron chi connectivity index (χ0n) is 12.5. The van der Waals surface area contributed by atoms with Gasteiger partial charge in [0.2, 0.25) is 0 Å². The molecule has 0 aromatic heterocycles. The number of carboxylic acids is 1. The van der Waals surface area contributed by atoms with E-state index in [0.29, 0.717) is 11.6 Å². The van der Waals surface area contributed by atoms with Crippen LogP contribution in [0.15, 0.2) is 18.2 Å². The van der Waals surface area contributed by atoms with E-state index in [1.54, 1.807) is 6.07 Å². The smallest absolute Gasteiger partial charge is 0.337 e. The molecule has 0 bridgehead atoms. The summed E-state index contributed by atoms with van der Waals surface area (Å²) in [5, 5.41) is 12.8. The lowest BCUT2D eigenvalue weighted by Gasteiger charge is -2.30. The first kappa shape index (κ1) is 14.9. The maximum atomic E-state index is 11.3. The summed E-state index contributed by atoms with van der Waals surface area (Å²) >= 11 is 0. The molecule has 2 rings (SSSR count). The Morgan fingerprint density at radius 3 is 2.60 bits per heavy atom. The predicted molar refractivity (Wildman–Crippen MR) is 82.4 cm³/mol. The Morgan fingerprint density at radius 1 is 1.30 bits per heavy atom. The Hall–Kier alpha value is -1.51. The predicted octanol–water partition coefficient (Wildman–Crippen LogP) is 4.46. The summed E-state index contributed by atoms with van der Waals surface area (Å²) in [5.74, 6) is 0.0183. The van der Waals surface area contributed by atoms with Gasteiger partial charge in [-0.25, -0.2) is 4.79 Å². The Balaban J connectivity index is 2.03. The van der Waals surface area contributed by atoms with Crippen LogP contribution in [0.4, 0.5) is 5.69 Å². The molecule has 0 aliphatic heterocycles. The molecule has 1 aromatic rings. The second-order valence-electron chi connectivity index (χ2n) is 5.95. The summed E-state index contributed by atoms with van der Waals surface area (Å²) in [6, 6.07) is 5.88. The number of aromatic carboxylic acids is 1. The number of aryl methyl sites for hydroxylation is 1. The van der Waals surface area contributed by atoms with Crippen LogP contribution in [0.3, 0.4) is 0 Å². The third-order valence-corrected chi connectivity index (χ3v) is 4.40. The van der Waals surface area contributed by atoms with Crippen LogP contribution < -0.4 is 5.32 Å². The SMILES string of the molecule is CCCC1CCC(Nc2c(C)cccc2C(=O)O)CC1. The van der Waals surface area contributed by atoms with E-state index in [2.05, 4.69) is 12.2 Å². The van der Waals surface area contributed by atoms with Crippen molar-refractivity contribution in [3.8, 4) is 0 Å². The molecular weight excluding hydrogens is 250 g/mol. The highest BCUT2D eigenvalue weighted by Crippen LogP contribution is 2.31. The molecule has 1 aliphatic carbocycles. The van der Waals surface area contributed by atoms with Crippen LogP contribution in [-0.2, 0) is 0 Å². The molecule has 3 heteroatoms. The number of benzene rings is 1. The largest absolute Gasteiger partial charge is 0.478 e.